The van der Waals surface area contributed by atoms with Crippen molar-refractivity contribution in [3.05, 3.63) is 24.3 Å². The molecule has 19 heavy (non-hydrogen) atoms. The number of hydrogen-bond donors (Lipinski definition) is 2. The van der Waals surface area contributed by atoms with Gasteiger partial charge in [0.05, 0.1) is 6.04 Å². The van der Waals surface area contributed by atoms with Gasteiger partial charge in [0, 0.05) is 25.5 Å². The summed E-state index contributed by atoms with van der Waals surface area (Å²) in [6.07, 6.45) is 4.44. The summed E-state index contributed by atoms with van der Waals surface area (Å²) in [6, 6.07) is 7.87. The Morgan fingerprint density at radius 2 is 2.16 bits per heavy atom. The molecule has 0 saturated carbocycles. The highest BCUT2D eigenvalue weighted by molar-refractivity contribution is 5.95. The molecular formula is C15H23N3O. The van der Waals surface area contributed by atoms with Gasteiger partial charge < -0.3 is 15.5 Å². The van der Waals surface area contributed by atoms with Crippen LogP contribution in [0.2, 0.25) is 0 Å². The maximum absolute atomic E-state index is 12.2. The first-order valence-corrected chi connectivity index (χ1v) is 6.98. The smallest absolute Gasteiger partial charge is 0.241 e. The number of benzene rings is 1. The van der Waals surface area contributed by atoms with Gasteiger partial charge in [-0.2, -0.15) is 0 Å². The van der Waals surface area contributed by atoms with Crippen LogP contribution in [0.5, 0.6) is 0 Å². The summed E-state index contributed by atoms with van der Waals surface area (Å²) >= 11 is 0. The Morgan fingerprint density at radius 1 is 1.32 bits per heavy atom. The van der Waals surface area contributed by atoms with Crippen molar-refractivity contribution in [2.24, 2.45) is 0 Å². The van der Waals surface area contributed by atoms with Gasteiger partial charge in [0.1, 0.15) is 0 Å². The molecule has 104 valence electrons. The van der Waals surface area contributed by atoms with Crippen LogP contribution in [0.15, 0.2) is 24.3 Å². The summed E-state index contributed by atoms with van der Waals surface area (Å²) in [5.74, 6) is 0.0813. The van der Waals surface area contributed by atoms with Crippen molar-refractivity contribution in [3.63, 3.8) is 0 Å². The van der Waals surface area contributed by atoms with E-state index in [1.54, 1.807) is 0 Å². The van der Waals surface area contributed by atoms with Gasteiger partial charge in [0.15, 0.2) is 0 Å². The second-order valence-electron chi connectivity index (χ2n) is 5.29. The number of carbonyl (C=O) groups is 1. The van der Waals surface area contributed by atoms with Crippen molar-refractivity contribution in [2.75, 3.05) is 30.9 Å². The Morgan fingerprint density at radius 3 is 2.95 bits per heavy atom. The van der Waals surface area contributed by atoms with E-state index in [4.69, 9.17) is 0 Å². The zero-order valence-corrected chi connectivity index (χ0v) is 11.8. The predicted octanol–water partition coefficient (Wildman–Crippen LogP) is 2.22. The first-order chi connectivity index (χ1) is 9.16. The maximum Gasteiger partial charge on any atom is 0.241 e. The minimum atomic E-state index is -0.0505. The number of carbonyl (C=O) groups excluding carboxylic acids is 1. The van der Waals surface area contributed by atoms with E-state index < -0.39 is 0 Å². The first-order valence-electron chi connectivity index (χ1n) is 6.98. The molecule has 1 fully saturated rings. The maximum atomic E-state index is 12.2. The van der Waals surface area contributed by atoms with E-state index in [1.807, 2.05) is 43.3 Å². The van der Waals surface area contributed by atoms with Gasteiger partial charge in [-0.3, -0.25) is 4.79 Å². The lowest BCUT2D eigenvalue weighted by atomic mass is 10.1. The quantitative estimate of drug-likeness (QED) is 0.877. The molecule has 1 aliphatic heterocycles. The summed E-state index contributed by atoms with van der Waals surface area (Å²) < 4.78 is 0. The van der Waals surface area contributed by atoms with Gasteiger partial charge in [0.25, 0.3) is 0 Å². The molecule has 4 nitrogen and oxygen atoms in total. The highest BCUT2D eigenvalue weighted by atomic mass is 16.2. The number of nitrogens with one attached hydrogen (secondary N) is 2. The molecule has 1 amide bonds. The van der Waals surface area contributed by atoms with E-state index in [9.17, 15) is 4.79 Å². The Hall–Kier alpha value is -1.55. The molecule has 1 unspecified atom stereocenters. The molecule has 0 aliphatic carbocycles. The van der Waals surface area contributed by atoms with Crippen LogP contribution in [0.25, 0.3) is 0 Å². The highest BCUT2D eigenvalue weighted by Gasteiger charge is 2.19. The van der Waals surface area contributed by atoms with Crippen molar-refractivity contribution >= 4 is 17.3 Å². The van der Waals surface area contributed by atoms with Gasteiger partial charge >= 0.3 is 0 Å². The van der Waals surface area contributed by atoms with E-state index in [2.05, 4.69) is 10.6 Å². The fraction of sp³-hybridized carbons (Fsp3) is 0.533. The van der Waals surface area contributed by atoms with Gasteiger partial charge in [-0.15, -0.1) is 0 Å². The van der Waals surface area contributed by atoms with Crippen LogP contribution in [0.3, 0.4) is 0 Å². The molecule has 0 spiro atoms. The molecular weight excluding hydrogens is 238 g/mol. The zero-order valence-electron chi connectivity index (χ0n) is 11.8. The van der Waals surface area contributed by atoms with Crippen LogP contribution in [-0.2, 0) is 4.79 Å². The molecule has 1 aromatic rings. The Balaban J connectivity index is 1.99. The molecule has 1 aromatic carbocycles. The average molecular weight is 261 g/mol. The van der Waals surface area contributed by atoms with Gasteiger partial charge in [-0.1, -0.05) is 18.9 Å². The van der Waals surface area contributed by atoms with Crippen molar-refractivity contribution in [1.82, 2.24) is 5.32 Å². The number of nitrogens with zero attached hydrogens (tertiary/aromatic N) is 1. The number of rotatable bonds is 3. The van der Waals surface area contributed by atoms with E-state index >= 15 is 0 Å². The molecule has 2 rings (SSSR count). The van der Waals surface area contributed by atoms with E-state index in [1.165, 1.54) is 12.8 Å². The third kappa shape index (κ3) is 3.96. The fourth-order valence-corrected chi connectivity index (χ4v) is 2.34. The van der Waals surface area contributed by atoms with E-state index in [0.29, 0.717) is 0 Å². The summed E-state index contributed by atoms with van der Waals surface area (Å²) in [5, 5.41) is 6.32. The normalized spacial score (nSPS) is 19.6. The van der Waals surface area contributed by atoms with Crippen molar-refractivity contribution < 1.29 is 4.79 Å². The van der Waals surface area contributed by atoms with Crippen molar-refractivity contribution in [2.45, 2.75) is 31.7 Å². The Labute approximate surface area is 115 Å². The van der Waals surface area contributed by atoms with Crippen molar-refractivity contribution in [1.29, 1.82) is 0 Å². The summed E-state index contributed by atoms with van der Waals surface area (Å²) in [6.45, 7) is 0.940. The fourth-order valence-electron chi connectivity index (χ4n) is 2.34. The molecule has 1 atom stereocenters. The summed E-state index contributed by atoms with van der Waals surface area (Å²) in [4.78, 5) is 14.2. The molecule has 0 bridgehead atoms. The van der Waals surface area contributed by atoms with E-state index in [0.717, 1.165) is 30.8 Å². The zero-order chi connectivity index (χ0) is 13.7. The van der Waals surface area contributed by atoms with Crippen LogP contribution < -0.4 is 15.5 Å². The van der Waals surface area contributed by atoms with Gasteiger partial charge in [-0.25, -0.2) is 0 Å². The molecule has 0 aromatic heterocycles. The molecule has 1 saturated heterocycles. The Kier molecular flexibility index (Phi) is 4.80. The van der Waals surface area contributed by atoms with Crippen LogP contribution in [0.1, 0.15) is 25.7 Å². The predicted molar refractivity (Wildman–Crippen MR) is 79.7 cm³/mol. The lowest BCUT2D eigenvalue weighted by Crippen LogP contribution is -2.39. The second kappa shape index (κ2) is 6.57. The minimum absolute atomic E-state index is 0.0505. The van der Waals surface area contributed by atoms with Crippen LogP contribution in [0.4, 0.5) is 11.4 Å². The van der Waals surface area contributed by atoms with Crippen LogP contribution >= 0.6 is 0 Å². The first kappa shape index (κ1) is 13.9. The van der Waals surface area contributed by atoms with Crippen molar-refractivity contribution in [3.8, 4) is 0 Å². The molecule has 0 radical (unpaired) electrons. The lowest BCUT2D eigenvalue weighted by Gasteiger charge is -2.17. The third-order valence-electron chi connectivity index (χ3n) is 3.51. The SMILES string of the molecule is CN(C)c1cccc(NC(=O)C2CCCCCN2)c1. The van der Waals surface area contributed by atoms with Crippen LogP contribution in [-0.4, -0.2) is 32.6 Å². The lowest BCUT2D eigenvalue weighted by molar-refractivity contribution is -0.118. The van der Waals surface area contributed by atoms with Crippen LogP contribution in [0, 0.1) is 0 Å². The number of amides is 1. The molecule has 4 heteroatoms. The number of anilines is 2. The summed E-state index contributed by atoms with van der Waals surface area (Å²) in [5.41, 5.74) is 1.95. The second-order valence-corrected chi connectivity index (χ2v) is 5.29. The third-order valence-corrected chi connectivity index (χ3v) is 3.51. The number of hydrogen-bond acceptors (Lipinski definition) is 3. The standard InChI is InChI=1S/C15H23N3O/c1-18(2)13-8-6-7-12(11-13)17-15(19)14-9-4-3-5-10-16-14/h6-8,11,14,16H,3-5,9-10H2,1-2H3,(H,17,19). The molecule has 2 N–H and O–H groups in total. The average Bonchev–Trinajstić information content (AvgIpc) is 2.68. The largest absolute Gasteiger partial charge is 0.378 e. The highest BCUT2D eigenvalue weighted by Crippen LogP contribution is 2.18. The van der Waals surface area contributed by atoms with Gasteiger partial charge in [0.2, 0.25) is 5.91 Å². The van der Waals surface area contributed by atoms with E-state index in [-0.39, 0.29) is 11.9 Å². The van der Waals surface area contributed by atoms with Gasteiger partial charge in [-0.05, 0) is 37.6 Å². The Bertz CT molecular complexity index is 423. The monoisotopic (exact) mass is 261 g/mol. The minimum Gasteiger partial charge on any atom is -0.378 e. The molecule has 1 heterocycles. The molecule has 1 aliphatic rings. The summed E-state index contributed by atoms with van der Waals surface area (Å²) in [7, 11) is 3.99. The topological polar surface area (TPSA) is 44.4 Å².